The third-order valence-electron chi connectivity index (χ3n) is 3.98. The van der Waals surface area contributed by atoms with Gasteiger partial charge in [-0.2, -0.15) is 0 Å². The van der Waals surface area contributed by atoms with E-state index in [1.54, 1.807) is 0 Å². The Morgan fingerprint density at radius 1 is 1.26 bits per heavy atom. The summed E-state index contributed by atoms with van der Waals surface area (Å²) in [4.78, 5) is 25.0. The largest absolute Gasteiger partial charge is 0.369 e. The lowest BCUT2D eigenvalue weighted by Gasteiger charge is -2.32. The van der Waals surface area contributed by atoms with Crippen LogP contribution in [0.15, 0.2) is 0 Å². The van der Waals surface area contributed by atoms with Gasteiger partial charge in [0.25, 0.3) is 0 Å². The molecule has 1 atom stereocenters. The maximum Gasteiger partial charge on any atom is 0.231 e. The van der Waals surface area contributed by atoms with Crippen LogP contribution in [-0.4, -0.2) is 55.5 Å². The fourth-order valence-electron chi connectivity index (χ4n) is 2.85. The number of nitrogens with zero attached hydrogens (tertiary/aromatic N) is 1. The van der Waals surface area contributed by atoms with Crippen molar-refractivity contribution in [3.63, 3.8) is 0 Å². The van der Waals surface area contributed by atoms with E-state index in [1.165, 1.54) is 0 Å². The summed E-state index contributed by atoms with van der Waals surface area (Å²) in [6.45, 7) is 3.81. The second kappa shape index (κ2) is 6.86. The van der Waals surface area contributed by atoms with Crippen LogP contribution >= 0.6 is 0 Å². The van der Waals surface area contributed by atoms with Gasteiger partial charge in [0.1, 0.15) is 0 Å². The molecule has 19 heavy (non-hydrogen) atoms. The minimum absolute atomic E-state index is 0.123. The summed E-state index contributed by atoms with van der Waals surface area (Å²) in [5.74, 6) is 0.0220. The molecule has 0 radical (unpaired) electrons. The zero-order valence-electron chi connectivity index (χ0n) is 11.4. The molecule has 2 fully saturated rings. The Morgan fingerprint density at radius 3 is 2.58 bits per heavy atom. The first-order chi connectivity index (χ1) is 9.15. The summed E-state index contributed by atoms with van der Waals surface area (Å²) in [7, 11) is 0. The number of amides is 2. The maximum atomic E-state index is 12.1. The highest BCUT2D eigenvalue weighted by atomic mass is 16.2. The molecular weight excluding hydrogens is 244 g/mol. The molecule has 2 amide bonds. The predicted octanol–water partition coefficient (Wildman–Crippen LogP) is -0.948. The van der Waals surface area contributed by atoms with E-state index in [0.717, 1.165) is 51.9 Å². The van der Waals surface area contributed by atoms with Gasteiger partial charge in [0.15, 0.2) is 0 Å². The Labute approximate surface area is 114 Å². The molecule has 0 aromatic carbocycles. The molecule has 6 nitrogen and oxygen atoms in total. The summed E-state index contributed by atoms with van der Waals surface area (Å²) < 4.78 is 0. The van der Waals surface area contributed by atoms with Crippen LogP contribution in [0.4, 0.5) is 0 Å². The van der Waals surface area contributed by atoms with Gasteiger partial charge in [0.05, 0.1) is 12.5 Å². The number of carbonyl (C=O) groups is 2. The van der Waals surface area contributed by atoms with E-state index < -0.39 is 0 Å². The van der Waals surface area contributed by atoms with Gasteiger partial charge in [-0.25, -0.2) is 0 Å². The van der Waals surface area contributed by atoms with Crippen molar-refractivity contribution in [3.05, 3.63) is 0 Å². The molecule has 108 valence electrons. The topological polar surface area (TPSA) is 87.5 Å². The normalized spacial score (nSPS) is 26.0. The van der Waals surface area contributed by atoms with Gasteiger partial charge in [-0.1, -0.05) is 0 Å². The Morgan fingerprint density at radius 2 is 2.00 bits per heavy atom. The van der Waals surface area contributed by atoms with Gasteiger partial charge >= 0.3 is 0 Å². The van der Waals surface area contributed by atoms with Gasteiger partial charge in [-0.05, 0) is 32.2 Å². The van der Waals surface area contributed by atoms with Gasteiger partial charge in [-0.15, -0.1) is 0 Å². The molecule has 0 aromatic rings. The number of nitrogens with one attached hydrogen (secondary N) is 2. The first-order valence-corrected chi connectivity index (χ1v) is 7.17. The van der Waals surface area contributed by atoms with Crippen LogP contribution in [0.25, 0.3) is 0 Å². The molecule has 0 aromatic heterocycles. The molecule has 6 heteroatoms. The van der Waals surface area contributed by atoms with Gasteiger partial charge in [-0.3, -0.25) is 14.5 Å². The lowest BCUT2D eigenvalue weighted by atomic mass is 9.97. The second-order valence-corrected chi connectivity index (χ2v) is 5.57. The monoisotopic (exact) mass is 268 g/mol. The van der Waals surface area contributed by atoms with E-state index in [-0.39, 0.29) is 23.8 Å². The Balaban J connectivity index is 1.69. The highest BCUT2D eigenvalue weighted by Crippen LogP contribution is 2.13. The zero-order valence-corrected chi connectivity index (χ0v) is 11.4. The van der Waals surface area contributed by atoms with Crippen molar-refractivity contribution in [2.45, 2.75) is 31.7 Å². The molecule has 0 unspecified atom stereocenters. The minimum atomic E-state index is -0.282. The van der Waals surface area contributed by atoms with Crippen molar-refractivity contribution in [1.82, 2.24) is 15.5 Å². The SMILES string of the molecule is NC(=O)CN1CCC(NC(=O)[C@@H]2CCCNC2)CC1. The number of piperidine rings is 2. The number of primary amides is 1. The van der Waals surface area contributed by atoms with E-state index in [0.29, 0.717) is 6.54 Å². The average molecular weight is 268 g/mol. The van der Waals surface area contributed by atoms with Crippen LogP contribution in [0.2, 0.25) is 0 Å². The van der Waals surface area contributed by atoms with Gasteiger partial charge < -0.3 is 16.4 Å². The summed E-state index contributed by atoms with van der Waals surface area (Å²) in [6, 6.07) is 0.249. The van der Waals surface area contributed by atoms with Crippen LogP contribution in [0.3, 0.4) is 0 Å². The molecule has 4 N–H and O–H groups in total. The number of carbonyl (C=O) groups excluding carboxylic acids is 2. The van der Waals surface area contributed by atoms with Crippen LogP contribution in [0.5, 0.6) is 0 Å². The molecule has 2 saturated heterocycles. The van der Waals surface area contributed by atoms with E-state index in [9.17, 15) is 9.59 Å². The van der Waals surface area contributed by atoms with E-state index in [1.807, 2.05) is 4.90 Å². The summed E-state index contributed by atoms with van der Waals surface area (Å²) in [5.41, 5.74) is 5.18. The van der Waals surface area contributed by atoms with Crippen molar-refractivity contribution in [1.29, 1.82) is 0 Å². The van der Waals surface area contributed by atoms with Crippen molar-refractivity contribution in [3.8, 4) is 0 Å². The molecule has 0 spiro atoms. The first kappa shape index (κ1) is 14.3. The molecule has 2 heterocycles. The lowest BCUT2D eigenvalue weighted by Crippen LogP contribution is -2.49. The molecule has 0 bridgehead atoms. The summed E-state index contributed by atoms with van der Waals surface area (Å²) in [5, 5.41) is 6.40. The first-order valence-electron chi connectivity index (χ1n) is 7.17. The third-order valence-corrected chi connectivity index (χ3v) is 3.98. The molecule has 2 aliphatic heterocycles. The standard InChI is InChI=1S/C13H24N4O2/c14-12(18)9-17-6-3-11(4-7-17)16-13(19)10-2-1-5-15-8-10/h10-11,15H,1-9H2,(H2,14,18)(H,16,19)/t10-/m1/s1. The summed E-state index contributed by atoms with van der Waals surface area (Å²) >= 11 is 0. The Kier molecular flexibility index (Phi) is 5.15. The fraction of sp³-hybridized carbons (Fsp3) is 0.846. The Bertz CT molecular complexity index is 321. The van der Waals surface area contributed by atoms with Crippen molar-refractivity contribution < 1.29 is 9.59 Å². The van der Waals surface area contributed by atoms with Crippen LogP contribution in [0, 0.1) is 5.92 Å². The highest BCUT2D eigenvalue weighted by Gasteiger charge is 2.25. The number of hydrogen-bond acceptors (Lipinski definition) is 4. The van der Waals surface area contributed by atoms with E-state index in [4.69, 9.17) is 5.73 Å². The minimum Gasteiger partial charge on any atom is -0.369 e. The third kappa shape index (κ3) is 4.47. The summed E-state index contributed by atoms with van der Waals surface area (Å²) in [6.07, 6.45) is 3.87. The van der Waals surface area contributed by atoms with Crippen LogP contribution in [-0.2, 0) is 9.59 Å². The highest BCUT2D eigenvalue weighted by molar-refractivity contribution is 5.79. The Hall–Kier alpha value is -1.14. The molecule has 2 rings (SSSR count). The maximum absolute atomic E-state index is 12.1. The second-order valence-electron chi connectivity index (χ2n) is 5.57. The molecule has 0 aliphatic carbocycles. The number of nitrogens with two attached hydrogens (primary N) is 1. The predicted molar refractivity (Wildman–Crippen MR) is 72.4 cm³/mol. The van der Waals surface area contributed by atoms with Gasteiger partial charge in [0, 0.05) is 25.7 Å². The van der Waals surface area contributed by atoms with E-state index >= 15 is 0 Å². The quantitative estimate of drug-likeness (QED) is 0.613. The number of rotatable bonds is 4. The molecular formula is C13H24N4O2. The van der Waals surface area contributed by atoms with Gasteiger partial charge in [0.2, 0.25) is 11.8 Å². The fourth-order valence-corrected chi connectivity index (χ4v) is 2.85. The number of likely N-dealkylation sites (tertiary alicyclic amines) is 1. The van der Waals surface area contributed by atoms with Crippen molar-refractivity contribution in [2.75, 3.05) is 32.7 Å². The number of hydrogen-bond donors (Lipinski definition) is 3. The van der Waals surface area contributed by atoms with Crippen molar-refractivity contribution >= 4 is 11.8 Å². The van der Waals surface area contributed by atoms with Crippen molar-refractivity contribution in [2.24, 2.45) is 11.7 Å². The smallest absolute Gasteiger partial charge is 0.231 e. The average Bonchev–Trinajstić information content (AvgIpc) is 2.41. The molecule has 2 aliphatic rings. The van der Waals surface area contributed by atoms with Crippen LogP contribution < -0.4 is 16.4 Å². The van der Waals surface area contributed by atoms with E-state index in [2.05, 4.69) is 10.6 Å². The molecule has 0 saturated carbocycles. The zero-order chi connectivity index (χ0) is 13.7. The van der Waals surface area contributed by atoms with Crippen LogP contribution in [0.1, 0.15) is 25.7 Å². The lowest BCUT2D eigenvalue weighted by molar-refractivity contribution is -0.127.